The lowest BCUT2D eigenvalue weighted by molar-refractivity contribution is -0.384. The molecule has 27 heavy (non-hydrogen) atoms. The van der Waals surface area contributed by atoms with E-state index in [9.17, 15) is 10.1 Å². The highest BCUT2D eigenvalue weighted by atomic mass is 16.7. The van der Waals surface area contributed by atoms with Gasteiger partial charge in [0.2, 0.25) is 0 Å². The van der Waals surface area contributed by atoms with Crippen LogP contribution < -0.4 is 0 Å². The summed E-state index contributed by atoms with van der Waals surface area (Å²) in [6.07, 6.45) is 0. The maximum Gasteiger partial charge on any atom is 0.269 e. The normalized spacial score (nSPS) is 10.8. The standard InChI is InChI=1S/C20H18N4O3/c25-24(26)20-13-11-19(12-14-20)21-22-23(15-17-7-3-1-4-8-17)27-16-18-9-5-2-6-10-18/h1-14H,15-16H2. The van der Waals surface area contributed by atoms with Crippen molar-refractivity contribution in [2.75, 3.05) is 0 Å². The van der Waals surface area contributed by atoms with Crippen LogP contribution in [0.1, 0.15) is 11.1 Å². The van der Waals surface area contributed by atoms with E-state index in [1.807, 2.05) is 60.7 Å². The zero-order valence-corrected chi connectivity index (χ0v) is 14.5. The van der Waals surface area contributed by atoms with Crippen molar-refractivity contribution in [2.45, 2.75) is 13.2 Å². The van der Waals surface area contributed by atoms with E-state index in [1.54, 1.807) is 12.1 Å². The number of hydrogen-bond acceptors (Lipinski definition) is 5. The molecule has 0 unspecified atom stereocenters. The number of nitro groups is 1. The van der Waals surface area contributed by atoms with Crippen LogP contribution in [-0.2, 0) is 18.0 Å². The van der Waals surface area contributed by atoms with Crippen molar-refractivity contribution >= 4 is 11.4 Å². The van der Waals surface area contributed by atoms with E-state index in [0.29, 0.717) is 18.8 Å². The second kappa shape index (κ2) is 9.21. The average Bonchev–Trinajstić information content (AvgIpc) is 2.72. The highest BCUT2D eigenvalue weighted by Crippen LogP contribution is 2.19. The molecule has 3 rings (SSSR count). The molecule has 0 aliphatic rings. The first-order chi connectivity index (χ1) is 13.2. The summed E-state index contributed by atoms with van der Waals surface area (Å²) in [5.74, 6) is 0. The molecule has 0 spiro atoms. The average molecular weight is 362 g/mol. The second-order valence-corrected chi connectivity index (χ2v) is 5.72. The first-order valence-electron chi connectivity index (χ1n) is 8.35. The van der Waals surface area contributed by atoms with E-state index in [0.717, 1.165) is 11.1 Å². The summed E-state index contributed by atoms with van der Waals surface area (Å²) < 4.78 is 0. The van der Waals surface area contributed by atoms with Crippen LogP contribution in [0.3, 0.4) is 0 Å². The lowest BCUT2D eigenvalue weighted by Crippen LogP contribution is -2.17. The molecule has 3 aromatic rings. The predicted octanol–water partition coefficient (Wildman–Crippen LogP) is 5.23. The van der Waals surface area contributed by atoms with Gasteiger partial charge in [0.05, 0.1) is 17.2 Å². The first kappa shape index (κ1) is 18.2. The van der Waals surface area contributed by atoms with Gasteiger partial charge in [-0.05, 0) is 28.5 Å². The van der Waals surface area contributed by atoms with Gasteiger partial charge in [-0.25, -0.2) is 0 Å². The van der Waals surface area contributed by atoms with Crippen LogP contribution in [0.4, 0.5) is 11.4 Å². The fourth-order valence-corrected chi connectivity index (χ4v) is 2.31. The maximum absolute atomic E-state index is 10.7. The van der Waals surface area contributed by atoms with Crippen molar-refractivity contribution in [3.63, 3.8) is 0 Å². The van der Waals surface area contributed by atoms with Gasteiger partial charge < -0.3 is 0 Å². The molecule has 0 radical (unpaired) electrons. The van der Waals surface area contributed by atoms with Gasteiger partial charge in [0.25, 0.3) is 5.69 Å². The molecular formula is C20H18N4O3. The number of non-ortho nitro benzene ring substituents is 1. The van der Waals surface area contributed by atoms with E-state index in [-0.39, 0.29) is 5.69 Å². The first-order valence-corrected chi connectivity index (χ1v) is 8.35. The van der Waals surface area contributed by atoms with Gasteiger partial charge in [-0.3, -0.25) is 15.0 Å². The monoisotopic (exact) mass is 362 g/mol. The zero-order valence-electron chi connectivity index (χ0n) is 14.5. The largest absolute Gasteiger partial charge is 0.269 e. The molecule has 3 aromatic carbocycles. The molecule has 0 heterocycles. The van der Waals surface area contributed by atoms with Gasteiger partial charge >= 0.3 is 0 Å². The third-order valence-corrected chi connectivity index (χ3v) is 3.70. The fraction of sp³-hybridized carbons (Fsp3) is 0.100. The summed E-state index contributed by atoms with van der Waals surface area (Å²) in [5.41, 5.74) is 2.55. The number of hydrogen-bond donors (Lipinski definition) is 0. The molecular weight excluding hydrogens is 344 g/mol. The van der Waals surface area contributed by atoms with E-state index < -0.39 is 4.92 Å². The summed E-state index contributed by atoms with van der Waals surface area (Å²) in [4.78, 5) is 16.1. The molecule has 136 valence electrons. The smallest absolute Gasteiger partial charge is 0.258 e. The van der Waals surface area contributed by atoms with Crippen molar-refractivity contribution in [3.8, 4) is 0 Å². The summed E-state index contributed by atoms with van der Waals surface area (Å²) in [6.45, 7) is 0.775. The van der Waals surface area contributed by atoms with Crippen molar-refractivity contribution in [1.29, 1.82) is 0 Å². The number of hydroxylamine groups is 1. The van der Waals surface area contributed by atoms with E-state index >= 15 is 0 Å². The van der Waals surface area contributed by atoms with Gasteiger partial charge in [-0.15, -0.1) is 10.3 Å². The van der Waals surface area contributed by atoms with Gasteiger partial charge in [0.15, 0.2) is 0 Å². The maximum atomic E-state index is 10.7. The minimum Gasteiger partial charge on any atom is -0.258 e. The minimum absolute atomic E-state index is 0.00965. The van der Waals surface area contributed by atoms with Crippen LogP contribution >= 0.6 is 0 Å². The summed E-state index contributed by atoms with van der Waals surface area (Å²) in [6, 6.07) is 25.4. The van der Waals surface area contributed by atoms with Gasteiger partial charge in [0.1, 0.15) is 6.61 Å². The molecule has 7 heteroatoms. The quantitative estimate of drug-likeness (QED) is 0.312. The van der Waals surface area contributed by atoms with Crippen LogP contribution in [0.25, 0.3) is 0 Å². The molecule has 7 nitrogen and oxygen atoms in total. The highest BCUT2D eigenvalue weighted by molar-refractivity contribution is 5.43. The molecule has 0 atom stereocenters. The van der Waals surface area contributed by atoms with E-state index in [2.05, 4.69) is 10.3 Å². The molecule has 0 fully saturated rings. The van der Waals surface area contributed by atoms with Crippen LogP contribution in [0.5, 0.6) is 0 Å². The topological polar surface area (TPSA) is 80.3 Å². The number of benzene rings is 3. The van der Waals surface area contributed by atoms with Gasteiger partial charge in [-0.2, -0.15) is 0 Å². The van der Waals surface area contributed by atoms with Crippen LogP contribution in [0.15, 0.2) is 95.3 Å². The van der Waals surface area contributed by atoms with Crippen LogP contribution in [0, 0.1) is 10.1 Å². The van der Waals surface area contributed by atoms with Crippen molar-refractivity contribution in [2.24, 2.45) is 10.3 Å². The second-order valence-electron chi connectivity index (χ2n) is 5.72. The number of nitrogens with zero attached hydrogens (tertiary/aromatic N) is 4. The molecule has 0 amide bonds. The fourth-order valence-electron chi connectivity index (χ4n) is 2.31. The number of rotatable bonds is 8. The molecule has 0 saturated carbocycles. The SMILES string of the molecule is O=[N+]([O-])c1ccc(N=NN(Cc2ccccc2)OCc2ccccc2)cc1. The van der Waals surface area contributed by atoms with Crippen molar-refractivity contribution in [1.82, 2.24) is 5.17 Å². The summed E-state index contributed by atoms with van der Waals surface area (Å²) in [5, 5.41) is 20.4. The summed E-state index contributed by atoms with van der Waals surface area (Å²) >= 11 is 0. The molecule has 0 saturated heterocycles. The van der Waals surface area contributed by atoms with Crippen molar-refractivity contribution < 1.29 is 9.76 Å². The van der Waals surface area contributed by atoms with E-state index in [1.165, 1.54) is 17.3 Å². The lowest BCUT2D eigenvalue weighted by atomic mass is 10.2. The predicted molar refractivity (Wildman–Crippen MR) is 101 cm³/mol. The lowest BCUT2D eigenvalue weighted by Gasteiger charge is -2.17. The Labute approximate surface area is 156 Å². The molecule has 0 bridgehead atoms. The Kier molecular flexibility index (Phi) is 6.21. The Morgan fingerprint density at radius 1 is 0.852 bits per heavy atom. The van der Waals surface area contributed by atoms with Crippen LogP contribution in [0.2, 0.25) is 0 Å². The van der Waals surface area contributed by atoms with E-state index in [4.69, 9.17) is 4.84 Å². The molecule has 0 aliphatic heterocycles. The molecule has 0 N–H and O–H groups in total. The Morgan fingerprint density at radius 3 is 2.04 bits per heavy atom. The molecule has 0 aromatic heterocycles. The van der Waals surface area contributed by atoms with Crippen LogP contribution in [-0.4, -0.2) is 10.1 Å². The third-order valence-electron chi connectivity index (χ3n) is 3.70. The van der Waals surface area contributed by atoms with Gasteiger partial charge in [0, 0.05) is 12.1 Å². The third kappa shape index (κ3) is 5.72. The Bertz CT molecular complexity index is 884. The summed E-state index contributed by atoms with van der Waals surface area (Å²) in [7, 11) is 0. The zero-order chi connectivity index (χ0) is 18.9. The Morgan fingerprint density at radius 2 is 1.44 bits per heavy atom. The molecule has 0 aliphatic carbocycles. The van der Waals surface area contributed by atoms with Crippen molar-refractivity contribution in [3.05, 3.63) is 106 Å². The highest BCUT2D eigenvalue weighted by Gasteiger charge is 2.06. The Hall–Kier alpha value is -3.58. The number of nitro benzene ring substituents is 1. The Balaban J connectivity index is 1.70. The minimum atomic E-state index is -0.453. The van der Waals surface area contributed by atoms with Gasteiger partial charge in [-0.1, -0.05) is 60.7 Å².